The summed E-state index contributed by atoms with van der Waals surface area (Å²) in [4.78, 5) is 15.5. The molecule has 1 fully saturated rings. The molecule has 1 saturated heterocycles. The molecule has 0 saturated carbocycles. The van der Waals surface area contributed by atoms with Crippen LogP contribution in [0.5, 0.6) is 0 Å². The van der Waals surface area contributed by atoms with Crippen molar-refractivity contribution in [2.24, 2.45) is 0 Å². The van der Waals surface area contributed by atoms with E-state index in [9.17, 15) is 13.2 Å². The number of carbonyl (C=O) groups is 1. The van der Waals surface area contributed by atoms with Gasteiger partial charge >= 0.3 is 0 Å². The smallest absolute Gasteiger partial charge is 0.226 e. The molecule has 1 N–H and O–H groups in total. The van der Waals surface area contributed by atoms with Crippen LogP contribution in [0.1, 0.15) is 12.1 Å². The van der Waals surface area contributed by atoms with Crippen molar-refractivity contribution < 1.29 is 13.2 Å². The lowest BCUT2D eigenvalue weighted by Gasteiger charge is -2.09. The van der Waals surface area contributed by atoms with E-state index in [-0.39, 0.29) is 29.9 Å². The van der Waals surface area contributed by atoms with E-state index in [4.69, 9.17) is 0 Å². The molecule has 0 radical (unpaired) electrons. The first-order valence-corrected chi connectivity index (χ1v) is 7.68. The van der Waals surface area contributed by atoms with Crippen molar-refractivity contribution in [2.45, 2.75) is 18.9 Å². The second-order valence-corrected chi connectivity index (χ2v) is 6.77. The Hall–Kier alpha value is -0.950. The lowest BCUT2D eigenvalue weighted by atomic mass is 10.2. The Labute approximate surface area is 97.8 Å². The highest BCUT2D eigenvalue weighted by molar-refractivity contribution is 7.91. The average molecular weight is 260 g/mol. The molecule has 2 heterocycles. The third-order valence-electron chi connectivity index (χ3n) is 2.42. The largest absolute Gasteiger partial charge is 0.352 e. The van der Waals surface area contributed by atoms with Gasteiger partial charge in [-0.1, -0.05) is 0 Å². The summed E-state index contributed by atoms with van der Waals surface area (Å²) in [6, 6.07) is -0.226. The van der Waals surface area contributed by atoms with Gasteiger partial charge in [-0.2, -0.15) is 0 Å². The normalized spacial score (nSPS) is 23.1. The minimum Gasteiger partial charge on any atom is -0.352 e. The molecule has 88 valence electrons. The van der Waals surface area contributed by atoms with E-state index in [2.05, 4.69) is 10.3 Å². The van der Waals surface area contributed by atoms with Crippen LogP contribution < -0.4 is 5.32 Å². The van der Waals surface area contributed by atoms with Crippen LogP contribution in [0.25, 0.3) is 0 Å². The Kier molecular flexibility index (Phi) is 3.25. The van der Waals surface area contributed by atoms with Crippen molar-refractivity contribution in [3.8, 4) is 0 Å². The molecule has 0 aromatic carbocycles. The van der Waals surface area contributed by atoms with E-state index < -0.39 is 9.84 Å². The zero-order valence-electron chi connectivity index (χ0n) is 8.55. The third-order valence-corrected chi connectivity index (χ3v) is 4.83. The maximum atomic E-state index is 11.5. The topological polar surface area (TPSA) is 76.1 Å². The number of nitrogens with one attached hydrogen (secondary N) is 1. The number of hydrogen-bond acceptors (Lipinski definition) is 5. The zero-order chi connectivity index (χ0) is 11.6. The maximum Gasteiger partial charge on any atom is 0.226 e. The Balaban J connectivity index is 1.85. The third kappa shape index (κ3) is 3.02. The Morgan fingerprint density at radius 2 is 2.44 bits per heavy atom. The van der Waals surface area contributed by atoms with E-state index in [1.165, 1.54) is 11.3 Å². The highest BCUT2D eigenvalue weighted by atomic mass is 32.2. The number of hydrogen-bond donors (Lipinski definition) is 1. The summed E-state index contributed by atoms with van der Waals surface area (Å²) >= 11 is 1.44. The quantitative estimate of drug-likeness (QED) is 0.829. The van der Waals surface area contributed by atoms with Crippen LogP contribution in [0.3, 0.4) is 0 Å². The Morgan fingerprint density at radius 3 is 3.00 bits per heavy atom. The predicted molar refractivity (Wildman–Crippen MR) is 61.0 cm³/mol. The number of carbonyl (C=O) groups excluding carboxylic acids is 1. The van der Waals surface area contributed by atoms with E-state index in [1.807, 2.05) is 5.38 Å². The maximum absolute atomic E-state index is 11.5. The van der Waals surface area contributed by atoms with Crippen LogP contribution in [0.2, 0.25) is 0 Å². The minimum atomic E-state index is -2.93. The van der Waals surface area contributed by atoms with Gasteiger partial charge in [-0.3, -0.25) is 4.79 Å². The molecule has 1 atom stereocenters. The molecule has 0 bridgehead atoms. The fourth-order valence-electron chi connectivity index (χ4n) is 1.68. The van der Waals surface area contributed by atoms with Gasteiger partial charge in [0.1, 0.15) is 0 Å². The molecule has 1 aromatic rings. The lowest BCUT2D eigenvalue weighted by molar-refractivity contribution is -0.121. The van der Waals surface area contributed by atoms with Gasteiger partial charge in [0.15, 0.2) is 9.84 Å². The number of thiazole rings is 1. The molecule has 0 aliphatic carbocycles. The first-order chi connectivity index (χ1) is 7.55. The summed E-state index contributed by atoms with van der Waals surface area (Å²) in [6.45, 7) is 0. The Bertz CT molecular complexity index is 467. The molecule has 0 spiro atoms. The minimum absolute atomic E-state index is 0.0653. The fourth-order valence-corrected chi connectivity index (χ4v) is 3.91. The van der Waals surface area contributed by atoms with Crippen molar-refractivity contribution >= 4 is 27.1 Å². The molecular formula is C9H12N2O3S2. The summed E-state index contributed by atoms with van der Waals surface area (Å²) in [6.07, 6.45) is 0.741. The van der Waals surface area contributed by atoms with Crippen molar-refractivity contribution in [1.29, 1.82) is 0 Å². The van der Waals surface area contributed by atoms with Gasteiger partial charge in [-0.25, -0.2) is 13.4 Å². The number of nitrogens with zero attached hydrogens (tertiary/aromatic N) is 1. The van der Waals surface area contributed by atoms with Gasteiger partial charge < -0.3 is 5.32 Å². The van der Waals surface area contributed by atoms with Crippen molar-refractivity contribution in [3.05, 3.63) is 16.6 Å². The second-order valence-electron chi connectivity index (χ2n) is 3.82. The van der Waals surface area contributed by atoms with Crippen molar-refractivity contribution in [1.82, 2.24) is 10.3 Å². The summed E-state index contributed by atoms with van der Waals surface area (Å²) in [5.41, 5.74) is 2.39. The van der Waals surface area contributed by atoms with Gasteiger partial charge in [0.05, 0.1) is 29.1 Å². The molecule has 7 heteroatoms. The SMILES string of the molecule is O=C(Cc1cscn1)NC1CCS(=O)(=O)C1. The first-order valence-electron chi connectivity index (χ1n) is 4.92. The van der Waals surface area contributed by atoms with Crippen LogP contribution in [0, 0.1) is 0 Å². The van der Waals surface area contributed by atoms with E-state index in [0.717, 1.165) is 5.69 Å². The summed E-state index contributed by atoms with van der Waals surface area (Å²) in [7, 11) is -2.93. The number of sulfone groups is 1. The lowest BCUT2D eigenvalue weighted by Crippen LogP contribution is -2.36. The van der Waals surface area contributed by atoms with Crippen LogP contribution >= 0.6 is 11.3 Å². The van der Waals surface area contributed by atoms with Gasteiger partial charge in [0.2, 0.25) is 5.91 Å². The fraction of sp³-hybridized carbons (Fsp3) is 0.556. The number of amides is 1. The van der Waals surface area contributed by atoms with E-state index in [1.54, 1.807) is 5.51 Å². The highest BCUT2D eigenvalue weighted by Gasteiger charge is 2.28. The zero-order valence-corrected chi connectivity index (χ0v) is 10.2. The molecule has 1 amide bonds. The molecule has 2 rings (SSSR count). The molecule has 16 heavy (non-hydrogen) atoms. The van der Waals surface area contributed by atoms with Crippen LogP contribution in [0.4, 0.5) is 0 Å². The molecule has 5 nitrogen and oxygen atoms in total. The summed E-state index contributed by atoms with van der Waals surface area (Å²) in [5, 5.41) is 4.53. The van der Waals surface area contributed by atoms with E-state index >= 15 is 0 Å². The Morgan fingerprint density at radius 1 is 1.62 bits per heavy atom. The van der Waals surface area contributed by atoms with Gasteiger partial charge in [0, 0.05) is 11.4 Å². The monoisotopic (exact) mass is 260 g/mol. The average Bonchev–Trinajstić information content (AvgIpc) is 2.76. The standard InChI is InChI=1S/C9H12N2O3S2/c12-9(3-8-4-15-6-10-8)11-7-1-2-16(13,14)5-7/h4,6-7H,1-3,5H2,(H,11,12). The number of aromatic nitrogens is 1. The van der Waals surface area contributed by atoms with Crippen LogP contribution in [-0.2, 0) is 21.1 Å². The van der Waals surface area contributed by atoms with E-state index in [0.29, 0.717) is 6.42 Å². The van der Waals surface area contributed by atoms with Crippen LogP contribution in [-0.4, -0.2) is 36.9 Å². The molecule has 1 unspecified atom stereocenters. The summed E-state index contributed by atoms with van der Waals surface area (Å²) in [5.74, 6) is 0.0813. The molecule has 1 aromatic heterocycles. The van der Waals surface area contributed by atoms with Gasteiger partial charge in [-0.15, -0.1) is 11.3 Å². The van der Waals surface area contributed by atoms with Crippen LogP contribution in [0.15, 0.2) is 10.9 Å². The molecule has 1 aliphatic heterocycles. The first kappa shape index (κ1) is 11.5. The van der Waals surface area contributed by atoms with Gasteiger partial charge in [0.25, 0.3) is 0 Å². The number of rotatable bonds is 3. The molecular weight excluding hydrogens is 248 g/mol. The van der Waals surface area contributed by atoms with Crippen molar-refractivity contribution in [3.63, 3.8) is 0 Å². The second kappa shape index (κ2) is 4.50. The van der Waals surface area contributed by atoms with Crippen molar-refractivity contribution in [2.75, 3.05) is 11.5 Å². The summed E-state index contributed by atoms with van der Waals surface area (Å²) < 4.78 is 22.4. The van der Waals surface area contributed by atoms with Gasteiger partial charge in [-0.05, 0) is 6.42 Å². The molecule has 1 aliphatic rings. The highest BCUT2D eigenvalue weighted by Crippen LogP contribution is 2.11. The predicted octanol–water partition coefficient (Wildman–Crippen LogP) is -0.0111.